The van der Waals surface area contributed by atoms with Crippen LogP contribution in [0.5, 0.6) is 0 Å². The molecule has 0 saturated carbocycles. The van der Waals surface area contributed by atoms with Crippen LogP contribution in [-0.4, -0.2) is 15.0 Å². The molecule has 0 radical (unpaired) electrons. The third-order valence-corrected chi connectivity index (χ3v) is 14.7. The quantitative estimate of drug-likeness (QED) is 0.128. The summed E-state index contributed by atoms with van der Waals surface area (Å²) in [5, 5.41) is 18.8. The molecule has 0 fully saturated rings. The van der Waals surface area contributed by atoms with Gasteiger partial charge >= 0.3 is 0 Å². The van der Waals surface area contributed by atoms with Gasteiger partial charge in [-0.3, -0.25) is 0 Å². The van der Waals surface area contributed by atoms with Crippen LogP contribution < -0.4 is 0 Å². The Morgan fingerprint density at radius 1 is 0.197 bits per heavy atom. The first-order chi connectivity index (χ1) is 35.2. The molecule has 15 aromatic rings. The number of benzene rings is 13. The average molecular weight is 902 g/mol. The summed E-state index contributed by atoms with van der Waals surface area (Å²) in [6.45, 7) is 0. The Morgan fingerprint density at radius 3 is 0.986 bits per heavy atom. The van der Waals surface area contributed by atoms with Crippen LogP contribution in [0.25, 0.3) is 154 Å². The fraction of sp³-hybridized carbons (Fsp3) is 0. The van der Waals surface area contributed by atoms with E-state index in [1.165, 1.54) is 70.6 Å². The van der Waals surface area contributed by atoms with Crippen molar-refractivity contribution in [1.82, 2.24) is 15.0 Å². The minimum absolute atomic E-state index is 0.635. The highest BCUT2D eigenvalue weighted by atomic mass is 16.3. The maximum Gasteiger partial charge on any atom is 0.165 e. The Labute approximate surface area is 407 Å². The van der Waals surface area contributed by atoms with E-state index in [9.17, 15) is 0 Å². The third kappa shape index (κ3) is 6.01. The number of aromatic nitrogens is 3. The van der Waals surface area contributed by atoms with Crippen molar-refractivity contribution in [2.24, 2.45) is 0 Å². The molecule has 4 heteroatoms. The summed E-state index contributed by atoms with van der Waals surface area (Å²) in [5.74, 6) is 1.91. The summed E-state index contributed by atoms with van der Waals surface area (Å²) >= 11 is 0. The summed E-state index contributed by atoms with van der Waals surface area (Å²) < 4.78 is 6.90. The SMILES string of the molecule is c1ccc(-c2nc(-c3ccccc3)nc(-c3c4ccccc4c(-c4c5ccccc5c(-c5ccc6c(c5)oc5cc7c8ccccc8c8ccccc8c7cc56)c5ccccc45)c4ccccc34)n2)cc1. The van der Waals surface area contributed by atoms with E-state index >= 15 is 0 Å². The fourth-order valence-corrected chi connectivity index (χ4v) is 11.6. The largest absolute Gasteiger partial charge is 0.456 e. The van der Waals surface area contributed by atoms with E-state index in [1.807, 2.05) is 36.4 Å². The normalized spacial score (nSPS) is 11.9. The summed E-state index contributed by atoms with van der Waals surface area (Å²) in [7, 11) is 0. The van der Waals surface area contributed by atoms with Gasteiger partial charge in [0.15, 0.2) is 17.5 Å². The van der Waals surface area contributed by atoms with E-state index in [4.69, 9.17) is 19.4 Å². The van der Waals surface area contributed by atoms with Crippen LogP contribution in [0.1, 0.15) is 0 Å². The monoisotopic (exact) mass is 901 g/mol. The zero-order chi connectivity index (χ0) is 46.6. The van der Waals surface area contributed by atoms with Crippen molar-refractivity contribution < 1.29 is 4.42 Å². The van der Waals surface area contributed by atoms with Gasteiger partial charge in [-0.2, -0.15) is 0 Å². The molecular weight excluding hydrogens is 863 g/mol. The molecule has 0 saturated heterocycles. The van der Waals surface area contributed by atoms with E-state index in [0.717, 1.165) is 65.7 Å². The smallest absolute Gasteiger partial charge is 0.165 e. The van der Waals surface area contributed by atoms with Crippen molar-refractivity contribution in [2.75, 3.05) is 0 Å². The molecule has 4 nitrogen and oxygen atoms in total. The minimum atomic E-state index is 0.635. The number of furan rings is 1. The van der Waals surface area contributed by atoms with Gasteiger partial charge in [-0.15, -0.1) is 0 Å². The minimum Gasteiger partial charge on any atom is -0.456 e. The molecule has 0 aliphatic carbocycles. The van der Waals surface area contributed by atoms with Crippen molar-refractivity contribution in [2.45, 2.75) is 0 Å². The van der Waals surface area contributed by atoms with Crippen LogP contribution in [0.4, 0.5) is 0 Å². The molecule has 13 aromatic carbocycles. The van der Waals surface area contributed by atoms with Gasteiger partial charge in [-0.25, -0.2) is 15.0 Å². The Balaban J connectivity index is 0.975. The molecule has 0 unspecified atom stereocenters. The van der Waals surface area contributed by atoms with Gasteiger partial charge in [0, 0.05) is 27.5 Å². The van der Waals surface area contributed by atoms with Gasteiger partial charge in [0.1, 0.15) is 11.2 Å². The molecule has 0 N–H and O–H groups in total. The van der Waals surface area contributed by atoms with Crippen LogP contribution in [0.15, 0.2) is 241 Å². The molecule has 2 heterocycles. The predicted molar refractivity (Wildman–Crippen MR) is 297 cm³/mol. The maximum atomic E-state index is 6.90. The maximum absolute atomic E-state index is 6.90. The molecule has 2 aromatic heterocycles. The Morgan fingerprint density at radius 2 is 0.535 bits per heavy atom. The second kappa shape index (κ2) is 15.5. The second-order valence-corrected chi connectivity index (χ2v) is 18.5. The van der Waals surface area contributed by atoms with Crippen LogP contribution in [-0.2, 0) is 0 Å². The number of rotatable bonds is 5. The van der Waals surface area contributed by atoms with Crippen molar-refractivity contribution >= 4 is 97.3 Å². The van der Waals surface area contributed by atoms with Crippen molar-refractivity contribution in [3.05, 3.63) is 237 Å². The van der Waals surface area contributed by atoms with E-state index in [-0.39, 0.29) is 0 Å². The molecule has 71 heavy (non-hydrogen) atoms. The molecule has 0 bridgehead atoms. The summed E-state index contributed by atoms with van der Waals surface area (Å²) in [6.07, 6.45) is 0. The van der Waals surface area contributed by atoms with Crippen LogP contribution in [0.3, 0.4) is 0 Å². The summed E-state index contributed by atoms with van der Waals surface area (Å²) in [5.41, 5.74) is 9.29. The number of hydrogen-bond acceptors (Lipinski definition) is 4. The van der Waals surface area contributed by atoms with Crippen LogP contribution in [0.2, 0.25) is 0 Å². The van der Waals surface area contributed by atoms with Crippen molar-refractivity contribution in [1.29, 1.82) is 0 Å². The molecule has 0 atom stereocenters. The topological polar surface area (TPSA) is 51.8 Å². The Bertz CT molecular complexity index is 4520. The van der Waals surface area contributed by atoms with Crippen molar-refractivity contribution in [3.8, 4) is 56.4 Å². The summed E-state index contributed by atoms with van der Waals surface area (Å²) in [6, 6.07) is 84.7. The third-order valence-electron chi connectivity index (χ3n) is 14.7. The van der Waals surface area contributed by atoms with Crippen molar-refractivity contribution in [3.63, 3.8) is 0 Å². The highest BCUT2D eigenvalue weighted by Gasteiger charge is 2.25. The lowest BCUT2D eigenvalue weighted by Gasteiger charge is -2.22. The second-order valence-electron chi connectivity index (χ2n) is 18.5. The number of hydrogen-bond donors (Lipinski definition) is 0. The zero-order valence-electron chi connectivity index (χ0n) is 38.3. The highest BCUT2D eigenvalue weighted by molar-refractivity contribution is 6.31. The predicted octanol–water partition coefficient (Wildman–Crippen LogP) is 18.2. The van der Waals surface area contributed by atoms with E-state index in [2.05, 4.69) is 200 Å². The van der Waals surface area contributed by atoms with Crippen LogP contribution >= 0.6 is 0 Å². The lowest BCUT2D eigenvalue weighted by atomic mass is 9.81. The van der Waals surface area contributed by atoms with E-state index in [0.29, 0.717) is 17.5 Å². The molecule has 0 amide bonds. The van der Waals surface area contributed by atoms with Gasteiger partial charge < -0.3 is 4.42 Å². The molecule has 328 valence electrons. The first kappa shape index (κ1) is 39.5. The molecule has 0 spiro atoms. The molecular formula is C67H39N3O. The lowest BCUT2D eigenvalue weighted by molar-refractivity contribution is 0.669. The van der Waals surface area contributed by atoms with Gasteiger partial charge in [-0.1, -0.05) is 212 Å². The lowest BCUT2D eigenvalue weighted by Crippen LogP contribution is -2.01. The molecule has 0 aliphatic rings. The molecule has 15 rings (SSSR count). The Hall–Kier alpha value is -9.51. The Kier molecular flexibility index (Phi) is 8.62. The van der Waals surface area contributed by atoms with Gasteiger partial charge in [0.25, 0.3) is 0 Å². The molecule has 0 aliphatic heterocycles. The van der Waals surface area contributed by atoms with Crippen LogP contribution in [0, 0.1) is 0 Å². The standard InChI is InChI=1S/C67H39N3O/c1-3-19-40(20-4-1)65-68-66(41-21-5-2-6-22-41)70-67(69-65)64-54-33-17-15-31-52(54)63(53-32-16-18-34-55(53)64)62-50-29-13-11-27-48(50)61(49-28-12-14-30-51(49)62)42-35-36-47-58-38-56-45-25-9-7-23-43(45)44-24-8-10-26-46(44)57(56)39-60(58)71-59(47)37-42/h1-39H. The number of nitrogens with zero attached hydrogens (tertiary/aromatic N) is 3. The first-order valence-corrected chi connectivity index (χ1v) is 24.2. The average Bonchev–Trinajstić information content (AvgIpc) is 3.80. The highest BCUT2D eigenvalue weighted by Crippen LogP contribution is 2.50. The number of fused-ring (bicyclic) bond motifs is 13. The van der Waals surface area contributed by atoms with E-state index in [1.54, 1.807) is 0 Å². The fourth-order valence-electron chi connectivity index (χ4n) is 11.6. The van der Waals surface area contributed by atoms with E-state index < -0.39 is 0 Å². The zero-order valence-corrected chi connectivity index (χ0v) is 38.3. The van der Waals surface area contributed by atoms with Gasteiger partial charge in [-0.05, 0) is 122 Å². The van der Waals surface area contributed by atoms with Gasteiger partial charge in [0.05, 0.1) is 0 Å². The summed E-state index contributed by atoms with van der Waals surface area (Å²) in [4.78, 5) is 15.6. The first-order valence-electron chi connectivity index (χ1n) is 24.2. The van der Waals surface area contributed by atoms with Gasteiger partial charge in [0.2, 0.25) is 0 Å².